The first-order valence-electron chi connectivity index (χ1n) is 18.0. The van der Waals surface area contributed by atoms with Gasteiger partial charge in [0.25, 0.3) is 0 Å². The molecule has 3 aromatic rings. The van der Waals surface area contributed by atoms with E-state index in [-0.39, 0.29) is 34.1 Å². The van der Waals surface area contributed by atoms with Gasteiger partial charge >= 0.3 is 21.6 Å². The van der Waals surface area contributed by atoms with Crippen LogP contribution in [0.25, 0.3) is 0 Å². The van der Waals surface area contributed by atoms with Crippen LogP contribution >= 0.6 is 0 Å². The van der Waals surface area contributed by atoms with Crippen LogP contribution in [0.3, 0.4) is 0 Å². The maximum atomic E-state index is 16.3. The molecule has 4 aliphatic rings. The zero-order chi connectivity index (χ0) is 38.8. The van der Waals surface area contributed by atoms with E-state index in [1.165, 1.54) is 12.1 Å². The van der Waals surface area contributed by atoms with E-state index in [0.717, 1.165) is 44.5 Å². The second-order valence-electron chi connectivity index (χ2n) is 15.1. The lowest BCUT2D eigenvalue weighted by Gasteiger charge is -2.48. The highest BCUT2D eigenvalue weighted by atomic mass is 32.2. The standard InChI is InChI=1S/C39H40F5NO8S/c1-22-21-37(2,3)45(15-7-10-24(46)9-6-8-23-13-16-50-17-14-23)31-20-32-28(18-26(22)31)38(27-12-5-4-11-25(27)36(47)52-38)29-19-30(40)35(33(41)34(29)51-32)53-54(48,49)39(42,43)44/h4-5,11-12,18-20,22-23H,6-10,13-17,21H2,1-3H3. The van der Waals surface area contributed by atoms with Gasteiger partial charge in [0.15, 0.2) is 17.2 Å². The predicted octanol–water partition coefficient (Wildman–Crippen LogP) is 8.80. The zero-order valence-electron chi connectivity index (χ0n) is 30.0. The minimum atomic E-state index is -6.49. The molecule has 4 aliphatic heterocycles. The van der Waals surface area contributed by atoms with E-state index in [1.807, 2.05) is 6.92 Å². The Hall–Kier alpha value is -4.24. The van der Waals surface area contributed by atoms with Gasteiger partial charge in [-0.3, -0.25) is 4.79 Å². The Labute approximate surface area is 309 Å². The van der Waals surface area contributed by atoms with Gasteiger partial charge in [0, 0.05) is 61.0 Å². The van der Waals surface area contributed by atoms with Crippen molar-refractivity contribution in [1.82, 2.24) is 0 Å². The van der Waals surface area contributed by atoms with E-state index >= 15 is 8.78 Å². The van der Waals surface area contributed by atoms with E-state index in [9.17, 15) is 31.2 Å². The van der Waals surface area contributed by atoms with E-state index in [4.69, 9.17) is 14.2 Å². The van der Waals surface area contributed by atoms with E-state index < -0.39 is 61.4 Å². The van der Waals surface area contributed by atoms with Crippen LogP contribution in [-0.2, 0) is 30.0 Å². The van der Waals surface area contributed by atoms with Gasteiger partial charge in [0.2, 0.25) is 11.6 Å². The maximum absolute atomic E-state index is 16.3. The molecule has 4 heterocycles. The smallest absolute Gasteiger partial charge is 0.453 e. The molecule has 0 saturated carbocycles. The first kappa shape index (κ1) is 38.1. The molecule has 0 aromatic heterocycles. The fraction of sp³-hybridized carbons (Fsp3) is 0.487. The van der Waals surface area contributed by atoms with Crippen molar-refractivity contribution < 1.29 is 58.4 Å². The topological polar surface area (TPSA) is 108 Å². The number of esters is 1. The number of nitrogens with zero attached hydrogens (tertiary/aromatic N) is 1. The van der Waals surface area contributed by atoms with Gasteiger partial charge in [-0.2, -0.15) is 26.0 Å². The van der Waals surface area contributed by atoms with Gasteiger partial charge in [0.05, 0.1) is 11.1 Å². The predicted molar refractivity (Wildman–Crippen MR) is 186 cm³/mol. The van der Waals surface area contributed by atoms with Crippen LogP contribution in [0.4, 0.5) is 27.6 Å². The second kappa shape index (κ2) is 13.8. The normalized spacial score (nSPS) is 21.8. The van der Waals surface area contributed by atoms with Crippen molar-refractivity contribution >= 4 is 27.6 Å². The summed E-state index contributed by atoms with van der Waals surface area (Å²) in [5.74, 6) is -6.57. The molecule has 2 atom stereocenters. The molecule has 15 heteroatoms. The first-order valence-corrected chi connectivity index (χ1v) is 19.4. The number of hydrogen-bond acceptors (Lipinski definition) is 9. The van der Waals surface area contributed by atoms with Crippen molar-refractivity contribution in [3.05, 3.63) is 81.9 Å². The molecular formula is C39H40F5NO8S. The van der Waals surface area contributed by atoms with Crippen molar-refractivity contribution in [3.63, 3.8) is 0 Å². The van der Waals surface area contributed by atoms with Crippen LogP contribution < -0.4 is 13.8 Å². The third-order valence-electron chi connectivity index (χ3n) is 11.1. The summed E-state index contributed by atoms with van der Waals surface area (Å²) in [6, 6.07) is 10.1. The number of carbonyl (C=O) groups excluding carboxylic acids is 2. The average molecular weight is 778 g/mol. The minimum absolute atomic E-state index is 0.0556. The average Bonchev–Trinajstić information content (AvgIpc) is 3.40. The number of hydrogen-bond donors (Lipinski definition) is 0. The molecule has 290 valence electrons. The Morgan fingerprint density at radius 1 is 1.00 bits per heavy atom. The van der Waals surface area contributed by atoms with Gasteiger partial charge in [-0.25, -0.2) is 9.18 Å². The lowest BCUT2D eigenvalue weighted by atomic mass is 9.74. The molecule has 1 saturated heterocycles. The molecule has 1 spiro atoms. The molecule has 0 amide bonds. The van der Waals surface area contributed by atoms with Crippen LogP contribution in [0.1, 0.15) is 111 Å². The Bertz CT molecular complexity index is 2110. The van der Waals surface area contributed by atoms with Gasteiger partial charge in [0.1, 0.15) is 11.5 Å². The highest BCUT2D eigenvalue weighted by Gasteiger charge is 2.56. The third-order valence-corrected chi connectivity index (χ3v) is 12.0. The Balaban J connectivity index is 1.26. The maximum Gasteiger partial charge on any atom is 0.534 e. The van der Waals surface area contributed by atoms with Gasteiger partial charge in [-0.1, -0.05) is 25.1 Å². The van der Waals surface area contributed by atoms with Crippen LogP contribution in [0.15, 0.2) is 42.5 Å². The van der Waals surface area contributed by atoms with Crippen molar-refractivity contribution in [1.29, 1.82) is 0 Å². The SMILES string of the molecule is CC1CC(C)(C)N(CCCC(=O)CCCC2CCOCC2)c2cc3c(cc21)C1(OC(=O)c2ccccc21)c1cc(F)c(OS(=O)(=O)C(F)(F)F)c(F)c1O3. The summed E-state index contributed by atoms with van der Waals surface area (Å²) < 4.78 is 117. The van der Waals surface area contributed by atoms with E-state index in [1.54, 1.807) is 24.3 Å². The van der Waals surface area contributed by atoms with Crippen LogP contribution in [0, 0.1) is 17.6 Å². The van der Waals surface area contributed by atoms with Crippen molar-refractivity contribution in [2.24, 2.45) is 5.92 Å². The highest BCUT2D eigenvalue weighted by molar-refractivity contribution is 7.88. The number of halogens is 5. The number of carbonyl (C=O) groups is 2. The molecule has 0 bridgehead atoms. The minimum Gasteiger partial charge on any atom is -0.453 e. The summed E-state index contributed by atoms with van der Waals surface area (Å²) >= 11 is 0. The summed E-state index contributed by atoms with van der Waals surface area (Å²) in [5.41, 5.74) is -6.84. The number of benzene rings is 3. The van der Waals surface area contributed by atoms with Crippen LogP contribution in [0.2, 0.25) is 0 Å². The quantitative estimate of drug-likeness (QED) is 0.0864. The molecule has 3 aromatic carbocycles. The number of ether oxygens (including phenoxy) is 3. The van der Waals surface area contributed by atoms with Crippen molar-refractivity contribution in [2.75, 3.05) is 24.7 Å². The molecule has 0 radical (unpaired) electrons. The Morgan fingerprint density at radius 3 is 2.43 bits per heavy atom. The highest BCUT2D eigenvalue weighted by Crippen LogP contribution is 2.60. The molecule has 54 heavy (non-hydrogen) atoms. The third kappa shape index (κ3) is 6.50. The fourth-order valence-corrected chi connectivity index (χ4v) is 8.99. The number of ketones is 1. The summed E-state index contributed by atoms with van der Waals surface area (Å²) in [6.45, 7) is 8.14. The van der Waals surface area contributed by atoms with Crippen LogP contribution in [-0.4, -0.2) is 51.0 Å². The van der Waals surface area contributed by atoms with E-state index in [2.05, 4.69) is 22.9 Å². The number of alkyl halides is 3. The number of anilines is 1. The molecule has 7 rings (SSSR count). The summed E-state index contributed by atoms with van der Waals surface area (Å²) in [6.07, 6.45) is 5.97. The Kier molecular flexibility index (Phi) is 9.73. The molecule has 1 fully saturated rings. The molecule has 9 nitrogen and oxygen atoms in total. The summed E-state index contributed by atoms with van der Waals surface area (Å²) in [7, 11) is -6.49. The zero-order valence-corrected chi connectivity index (χ0v) is 30.8. The number of fused-ring (bicyclic) bond motifs is 7. The Morgan fingerprint density at radius 2 is 1.70 bits per heavy atom. The van der Waals surface area contributed by atoms with E-state index in [0.29, 0.717) is 49.9 Å². The van der Waals surface area contributed by atoms with Gasteiger partial charge in [-0.15, -0.1) is 0 Å². The van der Waals surface area contributed by atoms with Gasteiger partial charge < -0.3 is 23.3 Å². The second-order valence-corrected chi connectivity index (χ2v) is 16.7. The van der Waals surface area contributed by atoms with Crippen LogP contribution in [0.5, 0.6) is 17.2 Å². The number of rotatable bonds is 10. The van der Waals surface area contributed by atoms with Crippen molar-refractivity contribution in [2.45, 2.75) is 94.7 Å². The monoisotopic (exact) mass is 777 g/mol. The molecule has 2 unspecified atom stereocenters. The first-order chi connectivity index (χ1) is 25.4. The molecule has 0 N–H and O–H groups in total. The lowest BCUT2D eigenvalue weighted by Crippen LogP contribution is -2.49. The summed E-state index contributed by atoms with van der Waals surface area (Å²) in [5, 5.41) is 0. The fourth-order valence-electron chi connectivity index (χ4n) is 8.53. The largest absolute Gasteiger partial charge is 0.534 e. The molecule has 0 aliphatic carbocycles. The number of Topliss-reactive ketones (excluding diaryl/α,β-unsaturated/α-hetero) is 1. The van der Waals surface area contributed by atoms with Gasteiger partial charge in [-0.05, 0) is 88.0 Å². The molecular weight excluding hydrogens is 737 g/mol. The van der Waals surface area contributed by atoms with Crippen molar-refractivity contribution in [3.8, 4) is 17.2 Å². The summed E-state index contributed by atoms with van der Waals surface area (Å²) in [4.78, 5) is 28.4. The lowest BCUT2D eigenvalue weighted by molar-refractivity contribution is -0.119.